The van der Waals surface area contributed by atoms with Crippen LogP contribution in [0.15, 0.2) is 18.2 Å². The molecular weight excluding hydrogens is 219 g/mol. The summed E-state index contributed by atoms with van der Waals surface area (Å²) in [6, 6.07) is 6.32. The van der Waals surface area contributed by atoms with Crippen molar-refractivity contribution in [3.63, 3.8) is 0 Å². The fourth-order valence-electron chi connectivity index (χ4n) is 2.33. The molecular formula is C13H15FN2O. The first-order valence-electron chi connectivity index (χ1n) is 5.83. The highest BCUT2D eigenvalue weighted by atomic mass is 19.1. The minimum atomic E-state index is -0.402. The maximum Gasteiger partial charge on any atom is 0.126 e. The number of benzene rings is 1. The lowest BCUT2D eigenvalue weighted by atomic mass is 10.0. The molecule has 4 heteroatoms. The SMILES string of the molecule is N#Cc1cc(F)cc(N2CCCCC2CO)c1. The maximum atomic E-state index is 13.4. The third-order valence-electron chi connectivity index (χ3n) is 3.18. The van der Waals surface area contributed by atoms with E-state index in [1.807, 2.05) is 11.0 Å². The highest BCUT2D eigenvalue weighted by molar-refractivity contribution is 5.53. The van der Waals surface area contributed by atoms with E-state index in [1.165, 1.54) is 12.1 Å². The van der Waals surface area contributed by atoms with E-state index in [0.717, 1.165) is 25.8 Å². The highest BCUT2D eigenvalue weighted by Crippen LogP contribution is 2.26. The molecule has 1 saturated heterocycles. The molecule has 1 fully saturated rings. The van der Waals surface area contributed by atoms with E-state index in [0.29, 0.717) is 11.3 Å². The van der Waals surface area contributed by atoms with Gasteiger partial charge < -0.3 is 10.0 Å². The predicted octanol–water partition coefficient (Wildman–Crippen LogP) is 2.05. The van der Waals surface area contributed by atoms with Gasteiger partial charge in [0.25, 0.3) is 0 Å². The Bertz CT molecular complexity index is 442. The number of anilines is 1. The number of nitriles is 1. The monoisotopic (exact) mass is 234 g/mol. The van der Waals surface area contributed by atoms with E-state index in [-0.39, 0.29) is 12.6 Å². The van der Waals surface area contributed by atoms with Gasteiger partial charge in [-0.05, 0) is 37.5 Å². The van der Waals surface area contributed by atoms with E-state index < -0.39 is 5.82 Å². The Hall–Kier alpha value is -1.60. The summed E-state index contributed by atoms with van der Waals surface area (Å²) in [5, 5.41) is 18.1. The van der Waals surface area contributed by atoms with E-state index in [4.69, 9.17) is 5.26 Å². The first-order valence-corrected chi connectivity index (χ1v) is 5.83. The molecule has 1 aromatic carbocycles. The minimum Gasteiger partial charge on any atom is -0.394 e. The van der Waals surface area contributed by atoms with Crippen LogP contribution in [0.1, 0.15) is 24.8 Å². The third kappa shape index (κ3) is 2.56. The average molecular weight is 234 g/mol. The van der Waals surface area contributed by atoms with Crippen LogP contribution in [0, 0.1) is 17.1 Å². The van der Waals surface area contributed by atoms with Gasteiger partial charge in [0, 0.05) is 12.2 Å². The van der Waals surface area contributed by atoms with Crippen LogP contribution in [-0.4, -0.2) is 24.3 Å². The Balaban J connectivity index is 2.31. The number of aliphatic hydroxyl groups is 1. The van der Waals surface area contributed by atoms with E-state index in [2.05, 4.69) is 0 Å². The lowest BCUT2D eigenvalue weighted by molar-refractivity contribution is 0.240. The van der Waals surface area contributed by atoms with Gasteiger partial charge in [0.1, 0.15) is 5.82 Å². The second-order valence-corrected chi connectivity index (χ2v) is 4.34. The lowest BCUT2D eigenvalue weighted by Crippen LogP contribution is -2.42. The zero-order valence-electron chi connectivity index (χ0n) is 9.56. The molecule has 1 aliphatic rings. The second kappa shape index (κ2) is 5.15. The normalized spacial score (nSPS) is 20.1. The van der Waals surface area contributed by atoms with Crippen molar-refractivity contribution in [2.75, 3.05) is 18.1 Å². The zero-order chi connectivity index (χ0) is 12.3. The summed E-state index contributed by atoms with van der Waals surface area (Å²) in [5.74, 6) is -0.402. The molecule has 3 nitrogen and oxygen atoms in total. The van der Waals surface area contributed by atoms with Crippen molar-refractivity contribution in [1.82, 2.24) is 0 Å². The third-order valence-corrected chi connectivity index (χ3v) is 3.18. The largest absolute Gasteiger partial charge is 0.394 e. The van der Waals surface area contributed by atoms with Crippen LogP contribution >= 0.6 is 0 Å². The Morgan fingerprint density at radius 2 is 2.24 bits per heavy atom. The van der Waals surface area contributed by atoms with Gasteiger partial charge in [-0.1, -0.05) is 0 Å². The standard InChI is InChI=1S/C13H15FN2O/c14-11-5-10(8-15)6-13(7-11)16-4-2-1-3-12(16)9-17/h5-7,12,17H,1-4,9H2. The number of rotatable bonds is 2. The number of piperidine rings is 1. The smallest absolute Gasteiger partial charge is 0.126 e. The van der Waals surface area contributed by atoms with Gasteiger partial charge in [0.05, 0.1) is 24.3 Å². The Labute approximate surface area is 100 Å². The van der Waals surface area contributed by atoms with Crippen molar-refractivity contribution in [3.8, 4) is 6.07 Å². The zero-order valence-corrected chi connectivity index (χ0v) is 9.56. The molecule has 17 heavy (non-hydrogen) atoms. The van der Waals surface area contributed by atoms with Gasteiger partial charge in [-0.3, -0.25) is 0 Å². The van der Waals surface area contributed by atoms with Gasteiger partial charge >= 0.3 is 0 Å². The van der Waals surface area contributed by atoms with Crippen LogP contribution in [0.2, 0.25) is 0 Å². The van der Waals surface area contributed by atoms with Crippen LogP contribution < -0.4 is 4.90 Å². The molecule has 1 N–H and O–H groups in total. The van der Waals surface area contributed by atoms with Crippen LogP contribution in [0.5, 0.6) is 0 Å². The van der Waals surface area contributed by atoms with Gasteiger partial charge in [-0.15, -0.1) is 0 Å². The van der Waals surface area contributed by atoms with Crippen LogP contribution in [-0.2, 0) is 0 Å². The molecule has 0 saturated carbocycles. The number of hydrogen-bond donors (Lipinski definition) is 1. The summed E-state index contributed by atoms with van der Waals surface area (Å²) < 4.78 is 13.4. The van der Waals surface area contributed by atoms with Crippen molar-refractivity contribution in [2.45, 2.75) is 25.3 Å². The second-order valence-electron chi connectivity index (χ2n) is 4.34. The van der Waals surface area contributed by atoms with Crippen molar-refractivity contribution >= 4 is 5.69 Å². The summed E-state index contributed by atoms with van der Waals surface area (Å²) in [7, 11) is 0. The fraction of sp³-hybridized carbons (Fsp3) is 0.462. The van der Waals surface area contributed by atoms with Gasteiger partial charge in [-0.25, -0.2) is 4.39 Å². The van der Waals surface area contributed by atoms with Crippen molar-refractivity contribution < 1.29 is 9.50 Å². The maximum absolute atomic E-state index is 13.4. The fourth-order valence-corrected chi connectivity index (χ4v) is 2.33. The summed E-state index contributed by atoms with van der Waals surface area (Å²) in [4.78, 5) is 1.99. The first-order chi connectivity index (χ1) is 8.24. The molecule has 0 aliphatic carbocycles. The molecule has 0 aromatic heterocycles. The summed E-state index contributed by atoms with van der Waals surface area (Å²) in [6.45, 7) is 0.873. The Kier molecular flexibility index (Phi) is 3.60. The number of nitrogens with zero attached hydrogens (tertiary/aromatic N) is 2. The molecule has 1 aliphatic heterocycles. The molecule has 1 unspecified atom stereocenters. The van der Waals surface area contributed by atoms with Gasteiger partial charge in [-0.2, -0.15) is 5.26 Å². The highest BCUT2D eigenvalue weighted by Gasteiger charge is 2.22. The minimum absolute atomic E-state index is 0.0390. The number of hydrogen-bond acceptors (Lipinski definition) is 3. The molecule has 0 radical (unpaired) electrons. The van der Waals surface area contributed by atoms with Crippen LogP contribution in [0.25, 0.3) is 0 Å². The number of aliphatic hydroxyl groups excluding tert-OH is 1. The molecule has 1 heterocycles. The van der Waals surface area contributed by atoms with E-state index >= 15 is 0 Å². The van der Waals surface area contributed by atoms with Crippen LogP contribution in [0.4, 0.5) is 10.1 Å². The summed E-state index contributed by atoms with van der Waals surface area (Å²) in [5.41, 5.74) is 1.02. The molecule has 2 rings (SSSR count). The van der Waals surface area contributed by atoms with Gasteiger partial charge in [0.15, 0.2) is 0 Å². The summed E-state index contributed by atoms with van der Waals surface area (Å²) in [6.07, 6.45) is 3.03. The van der Waals surface area contributed by atoms with E-state index in [9.17, 15) is 9.50 Å². The first kappa shape index (κ1) is 11.9. The Morgan fingerprint density at radius 3 is 2.94 bits per heavy atom. The van der Waals surface area contributed by atoms with Crippen LogP contribution in [0.3, 0.4) is 0 Å². The lowest BCUT2D eigenvalue weighted by Gasteiger charge is -2.36. The molecule has 1 atom stereocenters. The van der Waals surface area contributed by atoms with E-state index in [1.54, 1.807) is 6.07 Å². The summed E-state index contributed by atoms with van der Waals surface area (Å²) >= 11 is 0. The quantitative estimate of drug-likeness (QED) is 0.852. The topological polar surface area (TPSA) is 47.3 Å². The molecule has 0 bridgehead atoms. The molecule has 0 spiro atoms. The van der Waals surface area contributed by atoms with Crippen molar-refractivity contribution in [3.05, 3.63) is 29.6 Å². The molecule has 0 amide bonds. The molecule has 1 aromatic rings. The number of halogens is 1. The van der Waals surface area contributed by atoms with Crippen molar-refractivity contribution in [2.24, 2.45) is 0 Å². The predicted molar refractivity (Wildman–Crippen MR) is 63.2 cm³/mol. The van der Waals surface area contributed by atoms with Crippen molar-refractivity contribution in [1.29, 1.82) is 5.26 Å². The Morgan fingerprint density at radius 1 is 1.41 bits per heavy atom. The molecule has 90 valence electrons. The average Bonchev–Trinajstić information content (AvgIpc) is 2.37. The van der Waals surface area contributed by atoms with Gasteiger partial charge in [0.2, 0.25) is 0 Å².